The molecule has 1 N–H and O–H groups in total. The van der Waals surface area contributed by atoms with Crippen LogP contribution in [0.2, 0.25) is 0 Å². The van der Waals surface area contributed by atoms with E-state index in [1.54, 1.807) is 0 Å². The minimum Gasteiger partial charge on any atom is -0.371 e. The van der Waals surface area contributed by atoms with Crippen LogP contribution in [0.3, 0.4) is 0 Å². The fourth-order valence-electron chi connectivity index (χ4n) is 2.93. The Morgan fingerprint density at radius 2 is 1.95 bits per heavy atom. The molecule has 0 aliphatic heterocycles. The third-order valence-electron chi connectivity index (χ3n) is 4.23. The largest absolute Gasteiger partial charge is 0.371 e. The Hall–Kier alpha value is -0.540. The van der Waals surface area contributed by atoms with E-state index in [1.807, 2.05) is 0 Å². The summed E-state index contributed by atoms with van der Waals surface area (Å²) in [6, 6.07) is 7.99. The van der Waals surface area contributed by atoms with Gasteiger partial charge in [0.25, 0.3) is 0 Å². The predicted octanol–water partition coefficient (Wildman–Crippen LogP) is 4.72. The Balaban J connectivity index is 2.04. The zero-order valence-electron chi connectivity index (χ0n) is 13.0. The number of anilines is 1. The molecule has 20 heavy (non-hydrogen) atoms. The molecule has 0 heterocycles. The third kappa shape index (κ3) is 4.23. The van der Waals surface area contributed by atoms with E-state index in [1.165, 1.54) is 47.8 Å². The number of nitrogens with one attached hydrogen (secondary N) is 1. The maximum Gasteiger partial charge on any atom is 0.0510 e. The summed E-state index contributed by atoms with van der Waals surface area (Å²) in [4.78, 5) is 2.46. The highest BCUT2D eigenvalue weighted by Crippen LogP contribution is 2.32. The lowest BCUT2D eigenvalue weighted by Gasteiger charge is -2.33. The second-order valence-electron chi connectivity index (χ2n) is 6.22. The highest BCUT2D eigenvalue weighted by molar-refractivity contribution is 9.10. The van der Waals surface area contributed by atoms with E-state index in [0.717, 1.165) is 6.54 Å². The van der Waals surface area contributed by atoms with Gasteiger partial charge in [0.05, 0.1) is 5.69 Å². The SMILES string of the molecule is CC(C)NCc1ccc(N(C)C2CCCCC2)c(Br)c1. The fraction of sp³-hybridized carbons (Fsp3) is 0.647. The number of hydrogen-bond acceptors (Lipinski definition) is 2. The first kappa shape index (κ1) is 15.8. The lowest BCUT2D eigenvalue weighted by atomic mass is 9.94. The van der Waals surface area contributed by atoms with E-state index >= 15 is 0 Å². The number of nitrogens with zero attached hydrogens (tertiary/aromatic N) is 1. The maximum atomic E-state index is 3.75. The van der Waals surface area contributed by atoms with Crippen LogP contribution in [0.5, 0.6) is 0 Å². The molecule has 3 heteroatoms. The molecule has 0 spiro atoms. The number of hydrogen-bond donors (Lipinski definition) is 1. The molecular formula is C17H27BrN2. The van der Waals surface area contributed by atoms with Crippen molar-refractivity contribution in [2.24, 2.45) is 0 Å². The van der Waals surface area contributed by atoms with Gasteiger partial charge in [-0.15, -0.1) is 0 Å². The molecule has 1 saturated carbocycles. The summed E-state index contributed by atoms with van der Waals surface area (Å²) in [6.07, 6.45) is 6.83. The molecule has 1 aliphatic rings. The molecule has 112 valence electrons. The topological polar surface area (TPSA) is 15.3 Å². The molecule has 0 bridgehead atoms. The van der Waals surface area contributed by atoms with E-state index in [-0.39, 0.29) is 0 Å². The van der Waals surface area contributed by atoms with Gasteiger partial charge in [0.1, 0.15) is 0 Å². The maximum absolute atomic E-state index is 3.75. The first-order valence-electron chi connectivity index (χ1n) is 7.82. The van der Waals surface area contributed by atoms with Gasteiger partial charge in [0.2, 0.25) is 0 Å². The average Bonchev–Trinajstić information content (AvgIpc) is 2.45. The summed E-state index contributed by atoms with van der Waals surface area (Å²) < 4.78 is 1.22. The fourth-order valence-corrected chi connectivity index (χ4v) is 3.64. The molecule has 0 saturated heterocycles. The lowest BCUT2D eigenvalue weighted by molar-refractivity contribution is 0.427. The van der Waals surface area contributed by atoms with Crippen LogP contribution in [-0.2, 0) is 6.54 Å². The Morgan fingerprint density at radius 3 is 2.55 bits per heavy atom. The van der Waals surface area contributed by atoms with Crippen LogP contribution >= 0.6 is 15.9 Å². The highest BCUT2D eigenvalue weighted by atomic mass is 79.9. The molecule has 2 rings (SSSR count). The molecule has 1 aromatic carbocycles. The van der Waals surface area contributed by atoms with Crippen LogP contribution in [0.1, 0.15) is 51.5 Å². The highest BCUT2D eigenvalue weighted by Gasteiger charge is 2.19. The first-order valence-corrected chi connectivity index (χ1v) is 8.62. The van der Waals surface area contributed by atoms with Crippen LogP contribution in [0.15, 0.2) is 22.7 Å². The van der Waals surface area contributed by atoms with E-state index in [9.17, 15) is 0 Å². The molecule has 0 radical (unpaired) electrons. The Labute approximate surface area is 132 Å². The van der Waals surface area contributed by atoms with Crippen molar-refractivity contribution in [3.05, 3.63) is 28.2 Å². The molecule has 0 amide bonds. The minimum atomic E-state index is 0.526. The molecule has 1 aromatic rings. The van der Waals surface area contributed by atoms with Crippen LogP contribution in [0.4, 0.5) is 5.69 Å². The van der Waals surface area contributed by atoms with Gasteiger partial charge in [0.15, 0.2) is 0 Å². The molecule has 0 unspecified atom stereocenters. The van der Waals surface area contributed by atoms with Crippen molar-refractivity contribution in [3.63, 3.8) is 0 Å². The smallest absolute Gasteiger partial charge is 0.0510 e. The summed E-state index contributed by atoms with van der Waals surface area (Å²) >= 11 is 3.75. The molecule has 0 atom stereocenters. The van der Waals surface area contributed by atoms with E-state index in [2.05, 4.69) is 65.2 Å². The Bertz CT molecular complexity index is 425. The van der Waals surface area contributed by atoms with E-state index in [4.69, 9.17) is 0 Å². The summed E-state index contributed by atoms with van der Waals surface area (Å²) in [5.74, 6) is 0. The van der Waals surface area contributed by atoms with Crippen molar-refractivity contribution in [1.29, 1.82) is 0 Å². The van der Waals surface area contributed by atoms with Gasteiger partial charge in [-0.2, -0.15) is 0 Å². The summed E-state index contributed by atoms with van der Waals surface area (Å²) in [6.45, 7) is 5.30. The quantitative estimate of drug-likeness (QED) is 0.835. The first-order chi connectivity index (χ1) is 9.58. The molecule has 2 nitrogen and oxygen atoms in total. The van der Waals surface area contributed by atoms with Crippen LogP contribution in [0.25, 0.3) is 0 Å². The molecule has 1 aliphatic carbocycles. The van der Waals surface area contributed by atoms with Crippen molar-refractivity contribution in [2.75, 3.05) is 11.9 Å². The van der Waals surface area contributed by atoms with Crippen molar-refractivity contribution >= 4 is 21.6 Å². The second kappa shape index (κ2) is 7.46. The summed E-state index contributed by atoms with van der Waals surface area (Å²) in [7, 11) is 2.24. The molecule has 1 fully saturated rings. The minimum absolute atomic E-state index is 0.526. The van der Waals surface area contributed by atoms with Gasteiger partial charge in [-0.05, 0) is 46.5 Å². The van der Waals surface area contributed by atoms with Gasteiger partial charge in [-0.25, -0.2) is 0 Å². The van der Waals surface area contributed by atoms with Crippen molar-refractivity contribution in [3.8, 4) is 0 Å². The van der Waals surface area contributed by atoms with Gasteiger partial charge in [-0.1, -0.05) is 39.2 Å². The molecular weight excluding hydrogens is 312 g/mol. The van der Waals surface area contributed by atoms with Crippen LogP contribution in [-0.4, -0.2) is 19.1 Å². The van der Waals surface area contributed by atoms with Crippen LogP contribution in [0, 0.1) is 0 Å². The van der Waals surface area contributed by atoms with Gasteiger partial charge in [0, 0.05) is 30.1 Å². The van der Waals surface area contributed by atoms with E-state index < -0.39 is 0 Å². The second-order valence-corrected chi connectivity index (χ2v) is 7.08. The number of halogens is 1. The van der Waals surface area contributed by atoms with Crippen LogP contribution < -0.4 is 10.2 Å². The lowest BCUT2D eigenvalue weighted by Crippen LogP contribution is -2.33. The summed E-state index contributed by atoms with van der Waals surface area (Å²) in [5.41, 5.74) is 2.66. The zero-order chi connectivity index (χ0) is 14.5. The van der Waals surface area contributed by atoms with Crippen molar-refractivity contribution in [2.45, 2.75) is 64.6 Å². The monoisotopic (exact) mass is 338 g/mol. The predicted molar refractivity (Wildman–Crippen MR) is 91.4 cm³/mol. The average molecular weight is 339 g/mol. The van der Waals surface area contributed by atoms with Crippen molar-refractivity contribution < 1.29 is 0 Å². The van der Waals surface area contributed by atoms with Gasteiger partial charge >= 0.3 is 0 Å². The molecule has 0 aromatic heterocycles. The standard InChI is InChI=1S/C17H27BrN2/c1-13(2)19-12-14-9-10-17(16(18)11-14)20(3)15-7-5-4-6-8-15/h9-11,13,15,19H,4-8,12H2,1-3H3. The number of rotatable bonds is 5. The normalized spacial score (nSPS) is 16.6. The third-order valence-corrected chi connectivity index (χ3v) is 4.86. The van der Waals surface area contributed by atoms with Gasteiger partial charge in [-0.3, -0.25) is 0 Å². The number of benzene rings is 1. The Morgan fingerprint density at radius 1 is 1.25 bits per heavy atom. The van der Waals surface area contributed by atoms with Gasteiger partial charge < -0.3 is 10.2 Å². The summed E-state index contributed by atoms with van der Waals surface area (Å²) in [5, 5.41) is 3.47. The van der Waals surface area contributed by atoms with E-state index in [0.29, 0.717) is 12.1 Å². The Kier molecular flexibility index (Phi) is 5.91. The van der Waals surface area contributed by atoms with Crippen molar-refractivity contribution in [1.82, 2.24) is 5.32 Å². The zero-order valence-corrected chi connectivity index (χ0v) is 14.5.